The van der Waals surface area contributed by atoms with Crippen molar-refractivity contribution >= 4 is 67.4 Å². The van der Waals surface area contributed by atoms with Gasteiger partial charge in [-0.15, -0.1) is 0 Å². The quantitative estimate of drug-likeness (QED) is 0.207. The molecule has 1 aliphatic heterocycles. The molecule has 0 spiro atoms. The van der Waals surface area contributed by atoms with E-state index in [4.69, 9.17) is 0 Å². The number of fused-ring (bicyclic) bond motifs is 6. The fraction of sp³-hybridized carbons (Fsp3) is 0.0811. The Labute approximate surface area is 239 Å². The van der Waals surface area contributed by atoms with Crippen LogP contribution in [0.25, 0.3) is 38.3 Å². The SMILES string of the molecule is Cc1cc(C)c(B2c3ccccc3Sc3cc(-n4c5ccccc5c5cc6ccccc6cc54)ccc32)c(C)c1. The molecule has 1 aromatic heterocycles. The minimum Gasteiger partial charge on any atom is -0.309 e. The molecule has 0 unspecified atom stereocenters. The van der Waals surface area contributed by atoms with Crippen LogP contribution < -0.4 is 16.4 Å². The Balaban J connectivity index is 1.39. The van der Waals surface area contributed by atoms with Crippen LogP contribution in [0.5, 0.6) is 0 Å². The Morgan fingerprint density at radius 1 is 0.550 bits per heavy atom. The lowest BCUT2D eigenvalue weighted by Gasteiger charge is -2.29. The van der Waals surface area contributed by atoms with Gasteiger partial charge < -0.3 is 4.57 Å². The maximum atomic E-state index is 2.45. The van der Waals surface area contributed by atoms with E-state index in [2.05, 4.69) is 141 Å². The highest BCUT2D eigenvalue weighted by molar-refractivity contribution is 8.00. The number of aryl methyl sites for hydroxylation is 3. The lowest BCUT2D eigenvalue weighted by atomic mass is 9.35. The van der Waals surface area contributed by atoms with E-state index in [1.807, 2.05) is 11.8 Å². The number of nitrogens with zero attached hydrogens (tertiary/aromatic N) is 1. The van der Waals surface area contributed by atoms with Crippen LogP contribution in [0.1, 0.15) is 16.7 Å². The Bertz CT molecular complexity index is 2110. The number of rotatable bonds is 2. The average molecular weight is 530 g/mol. The smallest absolute Gasteiger partial charge is 0.244 e. The van der Waals surface area contributed by atoms with Crippen molar-refractivity contribution in [2.75, 3.05) is 0 Å². The molecule has 0 atom stereocenters. The summed E-state index contributed by atoms with van der Waals surface area (Å²) in [7, 11) is 0. The number of benzene rings is 6. The van der Waals surface area contributed by atoms with E-state index < -0.39 is 0 Å². The zero-order chi connectivity index (χ0) is 27.0. The Morgan fingerprint density at radius 2 is 1.23 bits per heavy atom. The fourth-order valence-corrected chi connectivity index (χ4v) is 8.15. The van der Waals surface area contributed by atoms with Crippen molar-refractivity contribution in [3.05, 3.63) is 132 Å². The van der Waals surface area contributed by atoms with Gasteiger partial charge >= 0.3 is 0 Å². The number of hydrogen-bond acceptors (Lipinski definition) is 1. The highest BCUT2D eigenvalue weighted by Gasteiger charge is 2.33. The maximum Gasteiger partial charge on any atom is 0.244 e. The van der Waals surface area contributed by atoms with E-state index in [1.165, 1.54) is 81.1 Å². The monoisotopic (exact) mass is 529 g/mol. The van der Waals surface area contributed by atoms with Gasteiger partial charge in [-0.2, -0.15) is 0 Å². The molecule has 0 bridgehead atoms. The summed E-state index contributed by atoms with van der Waals surface area (Å²) in [6.45, 7) is 6.97. The summed E-state index contributed by atoms with van der Waals surface area (Å²) in [5.74, 6) is 0. The third kappa shape index (κ3) is 3.51. The minimum absolute atomic E-state index is 0.226. The molecule has 0 saturated heterocycles. The standard InChI is InChI=1S/C37H28BNS/c1-23-18-24(2)37(25(3)19-23)38-31-13-7-9-15-35(31)40-36-22-28(16-17-32(36)38)39-33-14-8-6-12-29(33)30-20-26-10-4-5-11-27(26)21-34(30)39/h4-22H,1-3H3. The second kappa shape index (κ2) is 8.91. The molecule has 8 rings (SSSR count). The van der Waals surface area contributed by atoms with Gasteiger partial charge in [0.15, 0.2) is 0 Å². The van der Waals surface area contributed by atoms with Crippen molar-refractivity contribution in [3.8, 4) is 5.69 Å². The fourth-order valence-electron chi connectivity index (χ4n) is 6.98. The van der Waals surface area contributed by atoms with Gasteiger partial charge in [-0.05, 0) is 67.9 Å². The topological polar surface area (TPSA) is 4.93 Å². The number of hydrogen-bond donors (Lipinski definition) is 0. The Kier molecular flexibility index (Phi) is 5.27. The van der Waals surface area contributed by atoms with Crippen LogP contribution in [0.4, 0.5) is 0 Å². The maximum absolute atomic E-state index is 2.45. The first kappa shape index (κ1) is 23.7. The van der Waals surface area contributed by atoms with E-state index in [1.54, 1.807) is 0 Å². The molecule has 190 valence electrons. The van der Waals surface area contributed by atoms with E-state index in [0.717, 1.165) is 0 Å². The second-order valence-electron chi connectivity index (χ2n) is 11.2. The van der Waals surface area contributed by atoms with E-state index in [-0.39, 0.29) is 6.71 Å². The molecule has 1 nitrogen and oxygen atoms in total. The van der Waals surface area contributed by atoms with Gasteiger partial charge in [0.05, 0.1) is 11.0 Å². The molecule has 2 heterocycles. The van der Waals surface area contributed by atoms with E-state index in [9.17, 15) is 0 Å². The van der Waals surface area contributed by atoms with Crippen molar-refractivity contribution in [2.45, 2.75) is 30.6 Å². The summed E-state index contributed by atoms with van der Waals surface area (Å²) in [5.41, 5.74) is 12.0. The number of para-hydroxylation sites is 1. The van der Waals surface area contributed by atoms with Crippen molar-refractivity contribution < 1.29 is 0 Å². The zero-order valence-electron chi connectivity index (χ0n) is 22.9. The molecule has 0 N–H and O–H groups in total. The normalized spacial score (nSPS) is 12.7. The molecule has 0 radical (unpaired) electrons. The molecule has 0 saturated carbocycles. The molecular formula is C37H28BNS. The Morgan fingerprint density at radius 3 is 2.05 bits per heavy atom. The van der Waals surface area contributed by atoms with E-state index in [0.29, 0.717) is 0 Å². The first-order valence-corrected chi connectivity index (χ1v) is 14.8. The van der Waals surface area contributed by atoms with Crippen molar-refractivity contribution in [2.24, 2.45) is 0 Å². The summed E-state index contributed by atoms with van der Waals surface area (Å²) in [6, 6.07) is 43.0. The third-order valence-electron chi connectivity index (χ3n) is 8.58. The van der Waals surface area contributed by atoms with Gasteiger partial charge in [-0.3, -0.25) is 0 Å². The first-order chi connectivity index (χ1) is 19.6. The average Bonchev–Trinajstić information content (AvgIpc) is 3.28. The van der Waals surface area contributed by atoms with Gasteiger partial charge in [0.1, 0.15) is 0 Å². The molecule has 7 aromatic rings. The molecule has 0 aliphatic carbocycles. The van der Waals surface area contributed by atoms with Crippen molar-refractivity contribution in [3.63, 3.8) is 0 Å². The molecular weight excluding hydrogens is 501 g/mol. The highest BCUT2D eigenvalue weighted by Crippen LogP contribution is 2.37. The largest absolute Gasteiger partial charge is 0.309 e. The van der Waals surface area contributed by atoms with E-state index >= 15 is 0 Å². The predicted molar refractivity (Wildman–Crippen MR) is 174 cm³/mol. The lowest BCUT2D eigenvalue weighted by Crippen LogP contribution is -2.56. The highest BCUT2D eigenvalue weighted by atomic mass is 32.2. The zero-order valence-corrected chi connectivity index (χ0v) is 23.7. The third-order valence-corrected chi connectivity index (χ3v) is 9.75. The summed E-state index contributed by atoms with van der Waals surface area (Å²) in [4.78, 5) is 2.69. The van der Waals surface area contributed by atoms with Crippen LogP contribution in [0.15, 0.2) is 125 Å². The molecule has 0 amide bonds. The van der Waals surface area contributed by atoms with Crippen LogP contribution in [-0.2, 0) is 0 Å². The van der Waals surface area contributed by atoms with Gasteiger partial charge in [-0.25, -0.2) is 0 Å². The van der Waals surface area contributed by atoms with Gasteiger partial charge in [-0.1, -0.05) is 124 Å². The van der Waals surface area contributed by atoms with Crippen molar-refractivity contribution in [1.29, 1.82) is 0 Å². The van der Waals surface area contributed by atoms with Crippen molar-refractivity contribution in [1.82, 2.24) is 4.57 Å². The summed E-state index contributed by atoms with van der Waals surface area (Å²) >= 11 is 1.91. The number of aromatic nitrogens is 1. The van der Waals surface area contributed by atoms with Gasteiger partial charge in [0.25, 0.3) is 0 Å². The summed E-state index contributed by atoms with van der Waals surface area (Å²) < 4.78 is 2.45. The van der Waals surface area contributed by atoms with Crippen LogP contribution in [0.3, 0.4) is 0 Å². The summed E-state index contributed by atoms with van der Waals surface area (Å²) in [6.07, 6.45) is 0. The lowest BCUT2D eigenvalue weighted by molar-refractivity contribution is 1.17. The molecule has 0 fully saturated rings. The predicted octanol–water partition coefficient (Wildman–Crippen LogP) is 7.84. The Hall–Kier alpha value is -4.21. The molecule has 40 heavy (non-hydrogen) atoms. The molecule has 3 heteroatoms. The minimum atomic E-state index is 0.226. The van der Waals surface area contributed by atoms with Crippen LogP contribution >= 0.6 is 11.8 Å². The van der Waals surface area contributed by atoms with Crippen LogP contribution in [-0.4, -0.2) is 11.3 Å². The summed E-state index contributed by atoms with van der Waals surface area (Å²) in [5, 5.41) is 5.14. The van der Waals surface area contributed by atoms with Gasteiger partial charge in [0, 0.05) is 26.3 Å². The molecule has 6 aromatic carbocycles. The first-order valence-electron chi connectivity index (χ1n) is 14.0. The van der Waals surface area contributed by atoms with Crippen LogP contribution in [0.2, 0.25) is 0 Å². The second-order valence-corrected chi connectivity index (χ2v) is 12.3. The van der Waals surface area contributed by atoms with Gasteiger partial charge in [0.2, 0.25) is 6.71 Å². The molecule has 1 aliphatic rings. The van der Waals surface area contributed by atoms with Crippen LogP contribution in [0, 0.1) is 20.8 Å².